The zero-order valence-electron chi connectivity index (χ0n) is 13.6. The molecule has 2 aromatic carbocycles. The number of anilines is 2. The molecule has 1 aliphatic rings. The first kappa shape index (κ1) is 17.2. The van der Waals surface area contributed by atoms with E-state index in [4.69, 9.17) is 11.6 Å². The first-order valence-corrected chi connectivity index (χ1v) is 8.23. The average molecular weight is 362 g/mol. The molecule has 25 heavy (non-hydrogen) atoms. The van der Waals surface area contributed by atoms with Crippen molar-refractivity contribution in [2.24, 2.45) is 0 Å². The van der Waals surface area contributed by atoms with E-state index in [1.165, 1.54) is 18.2 Å². The van der Waals surface area contributed by atoms with E-state index in [0.717, 1.165) is 18.7 Å². The second-order valence-corrected chi connectivity index (χ2v) is 6.21. The quantitative estimate of drug-likeness (QED) is 0.898. The van der Waals surface area contributed by atoms with Crippen LogP contribution in [-0.4, -0.2) is 37.0 Å². The van der Waals surface area contributed by atoms with Crippen LogP contribution in [0.15, 0.2) is 42.5 Å². The summed E-state index contributed by atoms with van der Waals surface area (Å²) in [6, 6.07) is 10.9. The molecule has 130 valence electrons. The Labute approximate surface area is 150 Å². The lowest BCUT2D eigenvalue weighted by Crippen LogP contribution is -2.47. The van der Waals surface area contributed by atoms with Gasteiger partial charge in [0.1, 0.15) is 5.82 Å². The molecule has 0 aromatic heterocycles. The van der Waals surface area contributed by atoms with Gasteiger partial charge in [0, 0.05) is 31.5 Å². The molecule has 1 N–H and O–H groups in total. The number of carbonyl (C=O) groups excluding carboxylic acids is 2. The summed E-state index contributed by atoms with van der Waals surface area (Å²) in [5.41, 5.74) is 1.05. The van der Waals surface area contributed by atoms with Gasteiger partial charge in [-0.2, -0.15) is 0 Å². The van der Waals surface area contributed by atoms with Crippen molar-refractivity contribution in [3.63, 3.8) is 0 Å². The van der Waals surface area contributed by atoms with Crippen LogP contribution >= 0.6 is 11.6 Å². The summed E-state index contributed by atoms with van der Waals surface area (Å²) in [6.45, 7) is 1.40. The number of amides is 3. The number of carbonyl (C=O) groups is 2. The third kappa shape index (κ3) is 3.58. The summed E-state index contributed by atoms with van der Waals surface area (Å²) in [6.07, 6.45) is 0.895. The van der Waals surface area contributed by atoms with Crippen LogP contribution in [0.4, 0.5) is 20.6 Å². The van der Waals surface area contributed by atoms with Crippen LogP contribution in [0.1, 0.15) is 16.8 Å². The highest BCUT2D eigenvalue weighted by Crippen LogP contribution is 2.24. The lowest BCUT2D eigenvalue weighted by molar-refractivity contribution is 0.102. The van der Waals surface area contributed by atoms with E-state index >= 15 is 0 Å². The predicted molar refractivity (Wildman–Crippen MR) is 95.8 cm³/mol. The topological polar surface area (TPSA) is 52.6 Å². The van der Waals surface area contributed by atoms with E-state index in [9.17, 15) is 14.0 Å². The van der Waals surface area contributed by atoms with Crippen molar-refractivity contribution in [1.29, 1.82) is 0 Å². The predicted octanol–water partition coefficient (Wildman–Crippen LogP) is 3.99. The fraction of sp³-hybridized carbons (Fsp3) is 0.222. The first-order valence-electron chi connectivity index (χ1n) is 7.85. The second kappa shape index (κ2) is 7.11. The average Bonchev–Trinajstić information content (AvgIpc) is 2.58. The van der Waals surface area contributed by atoms with Crippen LogP contribution in [0.5, 0.6) is 0 Å². The molecule has 0 atom stereocenters. The molecule has 0 radical (unpaired) electrons. The molecule has 0 spiro atoms. The van der Waals surface area contributed by atoms with Crippen molar-refractivity contribution >= 4 is 34.9 Å². The van der Waals surface area contributed by atoms with Gasteiger partial charge in [0.2, 0.25) is 0 Å². The van der Waals surface area contributed by atoms with Gasteiger partial charge in [-0.1, -0.05) is 17.7 Å². The molecule has 2 aromatic rings. The Balaban J connectivity index is 1.75. The summed E-state index contributed by atoms with van der Waals surface area (Å²) in [7, 11) is 1.77. The Hall–Kier alpha value is -2.60. The zero-order chi connectivity index (χ0) is 18.0. The Bertz CT molecular complexity index is 790. The van der Waals surface area contributed by atoms with Gasteiger partial charge in [0.05, 0.1) is 10.6 Å². The Morgan fingerprint density at radius 3 is 2.56 bits per heavy atom. The van der Waals surface area contributed by atoms with E-state index in [0.29, 0.717) is 12.2 Å². The van der Waals surface area contributed by atoms with E-state index in [-0.39, 0.29) is 16.6 Å². The molecule has 7 heteroatoms. The summed E-state index contributed by atoms with van der Waals surface area (Å²) >= 11 is 5.90. The summed E-state index contributed by atoms with van der Waals surface area (Å²) < 4.78 is 13.8. The van der Waals surface area contributed by atoms with Crippen molar-refractivity contribution < 1.29 is 14.0 Å². The maximum Gasteiger partial charge on any atom is 0.324 e. The van der Waals surface area contributed by atoms with Gasteiger partial charge < -0.3 is 10.2 Å². The fourth-order valence-electron chi connectivity index (χ4n) is 2.74. The largest absolute Gasteiger partial charge is 0.327 e. The molecular weight excluding hydrogens is 345 g/mol. The SMILES string of the molecule is CN1CCCN(c2ccc(NC(=O)c3c(F)cccc3Cl)cc2)C1=O. The standard InChI is InChI=1S/C18H17ClFN3O2/c1-22-10-3-11-23(18(22)25)13-8-6-12(7-9-13)21-17(24)16-14(19)4-2-5-15(16)20/h2,4-9H,3,10-11H2,1H3,(H,21,24). The number of benzene rings is 2. The minimum absolute atomic E-state index is 0.0519. The minimum Gasteiger partial charge on any atom is -0.327 e. The number of urea groups is 1. The van der Waals surface area contributed by atoms with Crippen LogP contribution in [0.25, 0.3) is 0 Å². The molecule has 3 rings (SSSR count). The van der Waals surface area contributed by atoms with Crippen LogP contribution in [-0.2, 0) is 0 Å². The molecule has 0 bridgehead atoms. The van der Waals surface area contributed by atoms with Crippen LogP contribution in [0, 0.1) is 5.82 Å². The van der Waals surface area contributed by atoms with E-state index in [1.54, 1.807) is 41.1 Å². The van der Waals surface area contributed by atoms with Crippen molar-refractivity contribution in [3.05, 3.63) is 58.9 Å². The number of hydrogen-bond acceptors (Lipinski definition) is 2. The highest BCUT2D eigenvalue weighted by molar-refractivity contribution is 6.34. The van der Waals surface area contributed by atoms with Crippen LogP contribution in [0.2, 0.25) is 5.02 Å². The molecule has 0 aliphatic carbocycles. The van der Waals surface area contributed by atoms with E-state index in [2.05, 4.69) is 5.32 Å². The zero-order valence-corrected chi connectivity index (χ0v) is 14.4. The maximum atomic E-state index is 13.8. The molecular formula is C18H17ClFN3O2. The number of nitrogens with one attached hydrogen (secondary N) is 1. The summed E-state index contributed by atoms with van der Waals surface area (Å²) in [4.78, 5) is 27.8. The summed E-state index contributed by atoms with van der Waals surface area (Å²) in [5.74, 6) is -1.30. The molecule has 0 unspecified atom stereocenters. The van der Waals surface area contributed by atoms with Crippen LogP contribution < -0.4 is 10.2 Å². The van der Waals surface area contributed by atoms with Crippen molar-refractivity contribution in [1.82, 2.24) is 4.90 Å². The normalized spacial score (nSPS) is 14.6. The minimum atomic E-state index is -0.677. The smallest absolute Gasteiger partial charge is 0.324 e. The summed E-state index contributed by atoms with van der Waals surface area (Å²) in [5, 5.41) is 2.66. The van der Waals surface area contributed by atoms with Crippen LogP contribution in [0.3, 0.4) is 0 Å². The second-order valence-electron chi connectivity index (χ2n) is 5.81. The van der Waals surface area contributed by atoms with Crippen molar-refractivity contribution in [3.8, 4) is 0 Å². The highest BCUT2D eigenvalue weighted by Gasteiger charge is 2.24. The molecule has 1 fully saturated rings. The van der Waals surface area contributed by atoms with Gasteiger partial charge in [-0.3, -0.25) is 9.69 Å². The highest BCUT2D eigenvalue weighted by atomic mass is 35.5. The Morgan fingerprint density at radius 2 is 1.88 bits per heavy atom. The Kier molecular flexibility index (Phi) is 4.90. The number of rotatable bonds is 3. The van der Waals surface area contributed by atoms with Gasteiger partial charge in [-0.15, -0.1) is 0 Å². The lowest BCUT2D eigenvalue weighted by atomic mass is 10.2. The monoisotopic (exact) mass is 361 g/mol. The molecule has 0 saturated carbocycles. The molecule has 5 nitrogen and oxygen atoms in total. The van der Waals surface area contributed by atoms with Gasteiger partial charge in [-0.25, -0.2) is 9.18 Å². The van der Waals surface area contributed by atoms with E-state index < -0.39 is 11.7 Å². The molecule has 1 saturated heterocycles. The van der Waals surface area contributed by atoms with Gasteiger partial charge >= 0.3 is 6.03 Å². The number of nitrogens with zero attached hydrogens (tertiary/aromatic N) is 2. The Morgan fingerprint density at radius 1 is 1.16 bits per heavy atom. The van der Waals surface area contributed by atoms with Crippen molar-refractivity contribution in [2.75, 3.05) is 30.4 Å². The molecule has 3 amide bonds. The first-order chi connectivity index (χ1) is 12.0. The molecule has 1 aliphatic heterocycles. The third-order valence-corrected chi connectivity index (χ3v) is 4.37. The fourth-order valence-corrected chi connectivity index (χ4v) is 2.98. The van der Waals surface area contributed by atoms with Gasteiger partial charge in [0.15, 0.2) is 0 Å². The van der Waals surface area contributed by atoms with Crippen molar-refractivity contribution in [2.45, 2.75) is 6.42 Å². The van der Waals surface area contributed by atoms with E-state index in [1.807, 2.05) is 0 Å². The van der Waals surface area contributed by atoms with Gasteiger partial charge in [0.25, 0.3) is 5.91 Å². The number of halogens is 2. The maximum absolute atomic E-state index is 13.8. The third-order valence-electron chi connectivity index (χ3n) is 4.06. The van der Waals surface area contributed by atoms with Gasteiger partial charge in [-0.05, 0) is 42.8 Å². The lowest BCUT2D eigenvalue weighted by Gasteiger charge is -2.33. The number of hydrogen-bond donors (Lipinski definition) is 1. The molecule has 1 heterocycles.